The molecule has 0 heterocycles. The minimum atomic E-state index is 0.173. The van der Waals surface area contributed by atoms with Gasteiger partial charge < -0.3 is 10.6 Å². The fourth-order valence-corrected chi connectivity index (χ4v) is 2.23. The zero-order valence-corrected chi connectivity index (χ0v) is 11.4. The molecule has 0 spiro atoms. The van der Waals surface area contributed by atoms with Crippen LogP contribution in [0.5, 0.6) is 0 Å². The van der Waals surface area contributed by atoms with E-state index in [2.05, 4.69) is 49.9 Å². The van der Waals surface area contributed by atoms with Crippen molar-refractivity contribution in [2.75, 3.05) is 18.0 Å². The maximum atomic E-state index is 6.30. The Hall–Kier alpha value is -1.02. The zero-order valence-electron chi connectivity index (χ0n) is 11.4. The molecule has 0 aliphatic carbocycles. The van der Waals surface area contributed by atoms with Gasteiger partial charge >= 0.3 is 0 Å². The van der Waals surface area contributed by atoms with Gasteiger partial charge in [0.15, 0.2) is 0 Å². The van der Waals surface area contributed by atoms with E-state index >= 15 is 0 Å². The maximum absolute atomic E-state index is 6.30. The molecule has 1 aromatic rings. The van der Waals surface area contributed by atoms with Crippen molar-refractivity contribution in [3.8, 4) is 0 Å². The smallest absolute Gasteiger partial charge is 0.0414 e. The summed E-state index contributed by atoms with van der Waals surface area (Å²) in [4.78, 5) is 2.38. The standard InChI is InChI=1S/C15H26N2/c1-4-7-11-14(16)13-10-8-9-12-15(13)17(5-2)6-3/h8-10,12,14H,4-7,11,16H2,1-3H3. The minimum Gasteiger partial charge on any atom is -0.372 e. The molecule has 0 saturated carbocycles. The molecule has 2 nitrogen and oxygen atoms in total. The van der Waals surface area contributed by atoms with Gasteiger partial charge in [0.2, 0.25) is 0 Å². The number of rotatable bonds is 7. The first kappa shape index (κ1) is 14.0. The molecule has 0 saturated heterocycles. The number of unbranched alkanes of at least 4 members (excludes halogenated alkanes) is 1. The molecule has 1 aromatic carbocycles. The topological polar surface area (TPSA) is 29.3 Å². The first-order chi connectivity index (χ1) is 8.24. The predicted octanol–water partition coefficient (Wildman–Crippen LogP) is 3.72. The molecule has 17 heavy (non-hydrogen) atoms. The lowest BCUT2D eigenvalue weighted by molar-refractivity contribution is 0.601. The Kier molecular flexibility index (Phi) is 6.06. The van der Waals surface area contributed by atoms with E-state index in [9.17, 15) is 0 Å². The maximum Gasteiger partial charge on any atom is 0.0414 e. The monoisotopic (exact) mass is 234 g/mol. The van der Waals surface area contributed by atoms with E-state index in [4.69, 9.17) is 5.73 Å². The number of benzene rings is 1. The lowest BCUT2D eigenvalue weighted by atomic mass is 9.99. The molecule has 0 radical (unpaired) electrons. The molecule has 0 bridgehead atoms. The van der Waals surface area contributed by atoms with Crippen LogP contribution in [0, 0.1) is 0 Å². The molecule has 0 amide bonds. The van der Waals surface area contributed by atoms with Gasteiger partial charge in [-0.05, 0) is 31.9 Å². The third kappa shape index (κ3) is 3.74. The highest BCUT2D eigenvalue weighted by molar-refractivity contribution is 5.54. The van der Waals surface area contributed by atoms with Crippen LogP contribution in [-0.2, 0) is 0 Å². The Morgan fingerprint density at radius 2 is 1.76 bits per heavy atom. The predicted molar refractivity (Wildman–Crippen MR) is 76.5 cm³/mol. The number of hydrogen-bond acceptors (Lipinski definition) is 2. The summed E-state index contributed by atoms with van der Waals surface area (Å²) in [7, 11) is 0. The Balaban J connectivity index is 2.90. The summed E-state index contributed by atoms with van der Waals surface area (Å²) in [5, 5.41) is 0. The van der Waals surface area contributed by atoms with Gasteiger partial charge in [-0.2, -0.15) is 0 Å². The first-order valence-corrected chi connectivity index (χ1v) is 6.83. The largest absolute Gasteiger partial charge is 0.372 e. The number of nitrogens with two attached hydrogens (primary N) is 1. The van der Waals surface area contributed by atoms with Gasteiger partial charge in [0.1, 0.15) is 0 Å². The van der Waals surface area contributed by atoms with Crippen LogP contribution in [0.4, 0.5) is 5.69 Å². The van der Waals surface area contributed by atoms with Crippen molar-refractivity contribution in [1.82, 2.24) is 0 Å². The summed E-state index contributed by atoms with van der Waals surface area (Å²) >= 11 is 0. The van der Waals surface area contributed by atoms with Crippen molar-refractivity contribution < 1.29 is 0 Å². The molecule has 0 fully saturated rings. The van der Waals surface area contributed by atoms with Crippen LogP contribution >= 0.6 is 0 Å². The molecule has 0 aromatic heterocycles. The van der Waals surface area contributed by atoms with Gasteiger partial charge in [0, 0.05) is 24.8 Å². The first-order valence-electron chi connectivity index (χ1n) is 6.83. The van der Waals surface area contributed by atoms with Crippen LogP contribution in [0.2, 0.25) is 0 Å². The second kappa shape index (κ2) is 7.33. The van der Waals surface area contributed by atoms with Crippen molar-refractivity contribution in [3.05, 3.63) is 29.8 Å². The van der Waals surface area contributed by atoms with Crippen molar-refractivity contribution in [2.24, 2.45) is 5.73 Å². The average Bonchev–Trinajstić information content (AvgIpc) is 2.38. The van der Waals surface area contributed by atoms with Crippen molar-refractivity contribution in [1.29, 1.82) is 0 Å². The van der Waals surface area contributed by atoms with E-state index in [-0.39, 0.29) is 6.04 Å². The fraction of sp³-hybridized carbons (Fsp3) is 0.600. The number of nitrogens with zero attached hydrogens (tertiary/aromatic N) is 1. The molecule has 0 aliphatic rings. The van der Waals surface area contributed by atoms with Crippen molar-refractivity contribution in [3.63, 3.8) is 0 Å². The lowest BCUT2D eigenvalue weighted by Crippen LogP contribution is -2.25. The summed E-state index contributed by atoms with van der Waals surface area (Å²) in [6.45, 7) is 8.67. The van der Waals surface area contributed by atoms with Gasteiger partial charge in [0.05, 0.1) is 0 Å². The summed E-state index contributed by atoms with van der Waals surface area (Å²) in [5.41, 5.74) is 8.90. The molecule has 2 heteroatoms. The Morgan fingerprint density at radius 3 is 2.35 bits per heavy atom. The highest BCUT2D eigenvalue weighted by Crippen LogP contribution is 2.27. The van der Waals surface area contributed by atoms with Crippen LogP contribution in [0.15, 0.2) is 24.3 Å². The Morgan fingerprint density at radius 1 is 1.12 bits per heavy atom. The third-order valence-electron chi connectivity index (χ3n) is 3.31. The van der Waals surface area contributed by atoms with Crippen LogP contribution in [0.1, 0.15) is 51.6 Å². The SMILES string of the molecule is CCCCC(N)c1ccccc1N(CC)CC. The summed E-state index contributed by atoms with van der Waals surface area (Å²) in [5.74, 6) is 0. The van der Waals surface area contributed by atoms with Gasteiger partial charge in [0.25, 0.3) is 0 Å². The van der Waals surface area contributed by atoms with Crippen LogP contribution < -0.4 is 10.6 Å². The normalized spacial score (nSPS) is 12.5. The van der Waals surface area contributed by atoms with E-state index in [1.807, 2.05) is 0 Å². The van der Waals surface area contributed by atoms with Gasteiger partial charge in [-0.25, -0.2) is 0 Å². The van der Waals surface area contributed by atoms with Crippen molar-refractivity contribution >= 4 is 5.69 Å². The van der Waals surface area contributed by atoms with E-state index in [0.29, 0.717) is 0 Å². The summed E-state index contributed by atoms with van der Waals surface area (Å²) in [6, 6.07) is 8.73. The molecule has 1 rings (SSSR count). The second-order valence-electron chi connectivity index (χ2n) is 4.48. The van der Waals surface area contributed by atoms with E-state index < -0.39 is 0 Å². The van der Waals surface area contributed by atoms with Crippen LogP contribution in [0.3, 0.4) is 0 Å². The van der Waals surface area contributed by atoms with Gasteiger partial charge in [-0.3, -0.25) is 0 Å². The highest BCUT2D eigenvalue weighted by atomic mass is 15.1. The second-order valence-corrected chi connectivity index (χ2v) is 4.48. The molecule has 0 aliphatic heterocycles. The zero-order chi connectivity index (χ0) is 12.7. The lowest BCUT2D eigenvalue weighted by Gasteiger charge is -2.26. The molecular formula is C15H26N2. The molecular weight excluding hydrogens is 208 g/mol. The van der Waals surface area contributed by atoms with E-state index in [0.717, 1.165) is 19.5 Å². The Bertz CT molecular complexity index is 318. The third-order valence-corrected chi connectivity index (χ3v) is 3.31. The molecule has 1 unspecified atom stereocenters. The quantitative estimate of drug-likeness (QED) is 0.779. The number of para-hydroxylation sites is 1. The van der Waals surface area contributed by atoms with Gasteiger partial charge in [-0.15, -0.1) is 0 Å². The summed E-state index contributed by atoms with van der Waals surface area (Å²) in [6.07, 6.45) is 3.49. The molecule has 2 N–H and O–H groups in total. The highest BCUT2D eigenvalue weighted by Gasteiger charge is 2.13. The average molecular weight is 234 g/mol. The number of anilines is 1. The minimum absolute atomic E-state index is 0.173. The van der Waals surface area contributed by atoms with Crippen LogP contribution in [-0.4, -0.2) is 13.1 Å². The fourth-order valence-electron chi connectivity index (χ4n) is 2.23. The van der Waals surface area contributed by atoms with Gasteiger partial charge in [-0.1, -0.05) is 38.0 Å². The molecule has 96 valence electrons. The van der Waals surface area contributed by atoms with Crippen LogP contribution in [0.25, 0.3) is 0 Å². The van der Waals surface area contributed by atoms with E-state index in [1.165, 1.54) is 24.1 Å². The molecule has 1 atom stereocenters. The Labute approximate surface area is 106 Å². The van der Waals surface area contributed by atoms with Crippen molar-refractivity contribution in [2.45, 2.75) is 46.1 Å². The van der Waals surface area contributed by atoms with E-state index in [1.54, 1.807) is 0 Å². The number of hydrogen-bond donors (Lipinski definition) is 1. The summed E-state index contributed by atoms with van der Waals surface area (Å²) < 4.78 is 0.